The minimum Gasteiger partial charge on any atom is -0.288 e. The molecule has 0 N–H and O–H groups in total. The smallest absolute Gasteiger partial charge is 0.202 e. The van der Waals surface area contributed by atoms with Gasteiger partial charge in [-0.1, -0.05) is 72.9 Å². The van der Waals surface area contributed by atoms with Gasteiger partial charge in [0, 0.05) is 5.56 Å². The van der Waals surface area contributed by atoms with Crippen molar-refractivity contribution in [1.82, 2.24) is 0 Å². The number of carbonyl (C=O) groups excluding carboxylic acids is 1. The molecule has 3 aromatic rings. The van der Waals surface area contributed by atoms with E-state index in [4.69, 9.17) is 12.2 Å². The van der Waals surface area contributed by atoms with Crippen molar-refractivity contribution < 1.29 is 4.79 Å². The van der Waals surface area contributed by atoms with Crippen molar-refractivity contribution in [2.24, 2.45) is 0 Å². The van der Waals surface area contributed by atoms with Gasteiger partial charge in [-0.15, -0.1) is 0 Å². The second-order valence-corrected chi connectivity index (χ2v) is 5.99. The summed E-state index contributed by atoms with van der Waals surface area (Å²) in [7, 11) is 0. The Balaban J connectivity index is 2.12. The quantitative estimate of drug-likeness (QED) is 0.612. The molecule has 23 heavy (non-hydrogen) atoms. The van der Waals surface area contributed by atoms with Crippen molar-refractivity contribution in [3.63, 3.8) is 0 Å². The van der Waals surface area contributed by atoms with Crippen LogP contribution < -0.4 is 0 Å². The Bertz CT molecular complexity index is 1010. The van der Waals surface area contributed by atoms with E-state index in [0.717, 1.165) is 27.5 Å². The number of rotatable bonds is 1. The molecule has 0 saturated heterocycles. The summed E-state index contributed by atoms with van der Waals surface area (Å²) in [5, 5.41) is 11.3. The van der Waals surface area contributed by atoms with Gasteiger partial charge in [0.15, 0.2) is 0 Å². The van der Waals surface area contributed by atoms with Gasteiger partial charge in [0.2, 0.25) is 5.78 Å². The van der Waals surface area contributed by atoms with Crippen LogP contribution in [-0.2, 0) is 0 Å². The predicted molar refractivity (Wildman–Crippen MR) is 94.7 cm³/mol. The fourth-order valence-corrected chi connectivity index (χ4v) is 3.56. The number of nitriles is 1. The molecule has 0 heterocycles. The molecule has 2 nitrogen and oxygen atoms in total. The van der Waals surface area contributed by atoms with E-state index in [1.165, 1.54) is 0 Å². The van der Waals surface area contributed by atoms with Crippen LogP contribution >= 0.6 is 12.2 Å². The lowest BCUT2D eigenvalue weighted by molar-refractivity contribution is 0.106. The molecule has 1 aliphatic rings. The zero-order valence-corrected chi connectivity index (χ0v) is 12.9. The molecule has 1 aliphatic carbocycles. The number of ketones is 1. The summed E-state index contributed by atoms with van der Waals surface area (Å²) in [6.45, 7) is 0. The minimum absolute atomic E-state index is 0.194. The van der Waals surface area contributed by atoms with Crippen LogP contribution in [0.25, 0.3) is 21.9 Å². The molecular formula is C20H11NOS. The van der Waals surface area contributed by atoms with Crippen LogP contribution in [0.15, 0.2) is 60.7 Å². The highest BCUT2D eigenvalue weighted by atomic mass is 32.1. The zero-order valence-electron chi connectivity index (χ0n) is 12.1. The van der Waals surface area contributed by atoms with Crippen molar-refractivity contribution in [3.8, 4) is 17.2 Å². The topological polar surface area (TPSA) is 40.9 Å². The van der Waals surface area contributed by atoms with Gasteiger partial charge >= 0.3 is 0 Å². The van der Waals surface area contributed by atoms with Crippen LogP contribution in [0.2, 0.25) is 0 Å². The summed E-state index contributed by atoms with van der Waals surface area (Å²) in [6, 6.07) is 21.8. The number of carbonyl (C=O) groups is 1. The van der Waals surface area contributed by atoms with Crippen molar-refractivity contribution >= 4 is 33.6 Å². The third-order valence-electron chi connectivity index (χ3n) is 4.33. The Morgan fingerprint density at radius 3 is 2.43 bits per heavy atom. The molecule has 3 heteroatoms. The molecule has 0 saturated carbocycles. The zero-order chi connectivity index (χ0) is 16.0. The summed E-state index contributed by atoms with van der Waals surface area (Å²) in [4.78, 5) is 12.7. The van der Waals surface area contributed by atoms with Crippen LogP contribution in [-0.4, -0.2) is 10.6 Å². The fraction of sp³-hybridized carbons (Fsp3) is 0.0500. The number of benzene rings is 3. The largest absolute Gasteiger partial charge is 0.288 e. The highest BCUT2D eigenvalue weighted by Gasteiger charge is 2.32. The number of hydrogen-bond donors (Lipinski definition) is 0. The van der Waals surface area contributed by atoms with E-state index in [1.54, 1.807) is 6.07 Å². The van der Waals surface area contributed by atoms with E-state index in [-0.39, 0.29) is 10.6 Å². The number of hydrogen-bond acceptors (Lipinski definition) is 3. The number of Topliss-reactive ketones (excluding diaryl/α,β-unsaturated/α-hetero) is 1. The Labute approximate surface area is 139 Å². The summed E-state index contributed by atoms with van der Waals surface area (Å²) in [5.41, 5.74) is 3.59. The van der Waals surface area contributed by atoms with Gasteiger partial charge in [-0.05, 0) is 27.5 Å². The monoisotopic (exact) mass is 313 g/mol. The molecule has 1 unspecified atom stereocenters. The van der Waals surface area contributed by atoms with Crippen LogP contribution in [0, 0.1) is 11.3 Å². The lowest BCUT2D eigenvalue weighted by atomic mass is 9.79. The Kier molecular flexibility index (Phi) is 3.07. The lowest BCUT2D eigenvalue weighted by Gasteiger charge is -2.22. The van der Waals surface area contributed by atoms with Gasteiger partial charge in [0.25, 0.3) is 0 Å². The molecule has 0 amide bonds. The van der Waals surface area contributed by atoms with E-state index in [1.807, 2.05) is 54.6 Å². The Morgan fingerprint density at radius 2 is 1.70 bits per heavy atom. The number of thiocarbonyl (C=S) groups is 1. The molecular weight excluding hydrogens is 302 g/mol. The molecule has 0 aromatic heterocycles. The van der Waals surface area contributed by atoms with Crippen molar-refractivity contribution in [1.29, 1.82) is 5.26 Å². The first-order valence-corrected chi connectivity index (χ1v) is 7.72. The maximum absolute atomic E-state index is 12.5. The standard InChI is InChI=1S/C20H11NOS/c21-11-17-15-10-9-13(12-5-2-1-3-6-12)14-7-4-8-16(18(14)15)19(22)20(17)23/h1-10,17H. The molecule has 0 aliphatic heterocycles. The molecule has 3 aromatic carbocycles. The molecule has 0 fully saturated rings. The molecule has 0 bridgehead atoms. The van der Waals surface area contributed by atoms with Gasteiger partial charge in [0.1, 0.15) is 5.92 Å². The summed E-state index contributed by atoms with van der Waals surface area (Å²) >= 11 is 5.23. The van der Waals surface area contributed by atoms with Crippen molar-refractivity contribution in [2.45, 2.75) is 5.92 Å². The van der Waals surface area contributed by atoms with Gasteiger partial charge in [0.05, 0.1) is 10.9 Å². The van der Waals surface area contributed by atoms with Crippen LogP contribution in [0.3, 0.4) is 0 Å². The molecule has 1 atom stereocenters. The highest BCUT2D eigenvalue weighted by molar-refractivity contribution is 7.82. The first kappa shape index (κ1) is 13.8. The first-order valence-electron chi connectivity index (χ1n) is 7.31. The van der Waals surface area contributed by atoms with E-state index < -0.39 is 5.92 Å². The molecule has 0 radical (unpaired) electrons. The maximum atomic E-state index is 12.5. The van der Waals surface area contributed by atoms with Crippen LogP contribution in [0.1, 0.15) is 21.8 Å². The SMILES string of the molecule is N#CC1C(=S)C(=O)c2cccc3c(-c4ccccc4)ccc1c23. The Hall–Kier alpha value is -2.83. The van der Waals surface area contributed by atoms with Crippen molar-refractivity contribution in [2.75, 3.05) is 0 Å². The highest BCUT2D eigenvalue weighted by Crippen LogP contribution is 2.39. The number of nitrogens with zero attached hydrogens (tertiary/aromatic N) is 1. The van der Waals surface area contributed by atoms with E-state index in [0.29, 0.717) is 5.56 Å². The average Bonchev–Trinajstić information content (AvgIpc) is 2.61. The van der Waals surface area contributed by atoms with Gasteiger partial charge < -0.3 is 0 Å². The summed E-state index contributed by atoms with van der Waals surface area (Å²) in [5.74, 6) is -0.838. The summed E-state index contributed by atoms with van der Waals surface area (Å²) in [6.07, 6.45) is 0. The first-order chi connectivity index (χ1) is 11.2. The van der Waals surface area contributed by atoms with Gasteiger partial charge in [-0.3, -0.25) is 4.79 Å². The second-order valence-electron chi connectivity index (χ2n) is 5.55. The van der Waals surface area contributed by atoms with E-state index in [9.17, 15) is 10.1 Å². The fourth-order valence-electron chi connectivity index (χ4n) is 3.27. The molecule has 108 valence electrons. The maximum Gasteiger partial charge on any atom is 0.202 e. The van der Waals surface area contributed by atoms with Crippen LogP contribution in [0.5, 0.6) is 0 Å². The van der Waals surface area contributed by atoms with Gasteiger partial charge in [-0.25, -0.2) is 0 Å². The third-order valence-corrected chi connectivity index (χ3v) is 4.75. The minimum atomic E-state index is -0.639. The predicted octanol–water partition coefficient (Wildman–Crippen LogP) is 4.68. The van der Waals surface area contributed by atoms with E-state index >= 15 is 0 Å². The normalized spacial score (nSPS) is 16.4. The van der Waals surface area contributed by atoms with E-state index in [2.05, 4.69) is 6.07 Å². The molecule has 4 rings (SSSR count). The molecule has 0 spiro atoms. The van der Waals surface area contributed by atoms with Gasteiger partial charge in [-0.2, -0.15) is 5.26 Å². The summed E-state index contributed by atoms with van der Waals surface area (Å²) < 4.78 is 0. The third kappa shape index (κ3) is 1.93. The average molecular weight is 313 g/mol. The lowest BCUT2D eigenvalue weighted by Crippen LogP contribution is -2.25. The van der Waals surface area contributed by atoms with Crippen molar-refractivity contribution in [3.05, 3.63) is 71.8 Å². The van der Waals surface area contributed by atoms with Crippen LogP contribution in [0.4, 0.5) is 0 Å². The second kappa shape index (κ2) is 5.12. The Morgan fingerprint density at radius 1 is 0.913 bits per heavy atom.